The van der Waals surface area contributed by atoms with Crippen LogP contribution in [-0.4, -0.2) is 35.7 Å². The zero-order chi connectivity index (χ0) is 24.1. The summed E-state index contributed by atoms with van der Waals surface area (Å²) in [5.74, 6) is 1.01. The molecule has 0 aromatic heterocycles. The molecule has 0 saturated carbocycles. The van der Waals surface area contributed by atoms with Crippen molar-refractivity contribution < 1.29 is 19.4 Å². The topological polar surface area (TPSA) is 80.2 Å². The van der Waals surface area contributed by atoms with E-state index in [0.717, 1.165) is 22.3 Å². The molecule has 0 radical (unpaired) electrons. The van der Waals surface area contributed by atoms with Gasteiger partial charge in [-0.1, -0.05) is 66.7 Å². The molecule has 0 fully saturated rings. The monoisotopic (exact) mass is 468 g/mol. The van der Waals surface area contributed by atoms with E-state index in [1.54, 1.807) is 0 Å². The van der Waals surface area contributed by atoms with E-state index < -0.39 is 11.6 Å². The van der Waals surface area contributed by atoms with Gasteiger partial charge in [-0.2, -0.15) is 0 Å². The highest BCUT2D eigenvalue weighted by molar-refractivity contribution is 6.01. The summed E-state index contributed by atoms with van der Waals surface area (Å²) in [4.78, 5) is 18.5. The van der Waals surface area contributed by atoms with Gasteiger partial charge in [0.1, 0.15) is 5.75 Å². The first-order valence-electron chi connectivity index (χ1n) is 11.9. The minimum Gasteiger partial charge on any atom is -0.494 e. The molecule has 1 amide bonds. The van der Waals surface area contributed by atoms with Crippen LogP contribution in [0.5, 0.6) is 5.75 Å². The van der Waals surface area contributed by atoms with E-state index in [9.17, 15) is 4.79 Å². The van der Waals surface area contributed by atoms with Crippen LogP contribution >= 0.6 is 0 Å². The van der Waals surface area contributed by atoms with Crippen LogP contribution < -0.4 is 10.1 Å². The van der Waals surface area contributed by atoms with Gasteiger partial charge in [0.25, 0.3) is 5.91 Å². The number of fused-ring (bicyclic) bond motifs is 3. The van der Waals surface area contributed by atoms with Gasteiger partial charge in [0.05, 0.1) is 6.61 Å². The number of aliphatic hydroxyl groups is 1. The molecule has 5 rings (SSSR count). The van der Waals surface area contributed by atoms with Gasteiger partial charge in [0.2, 0.25) is 5.90 Å². The number of hydrogen-bond acceptors (Lipinski definition) is 5. The second kappa shape index (κ2) is 10.2. The third-order valence-corrected chi connectivity index (χ3v) is 6.35. The van der Waals surface area contributed by atoms with Crippen molar-refractivity contribution >= 4 is 17.9 Å². The first kappa shape index (κ1) is 22.9. The molecule has 35 heavy (non-hydrogen) atoms. The van der Waals surface area contributed by atoms with Crippen molar-refractivity contribution in [3.63, 3.8) is 0 Å². The SMILES string of the molecule is O=C1NCc2ccccc2[C@H]2OC(c3ccc(OCCCO)cc3)=N[C@@]12C/C=C/c1ccccc1. The Bertz CT molecular complexity index is 1240. The van der Waals surface area contributed by atoms with E-state index in [2.05, 4.69) is 5.32 Å². The summed E-state index contributed by atoms with van der Waals surface area (Å²) in [5.41, 5.74) is 2.74. The Hall–Kier alpha value is -3.90. The number of aliphatic imine (C=N–C) groups is 1. The van der Waals surface area contributed by atoms with Crippen LogP contribution in [0.3, 0.4) is 0 Å². The number of hydrogen-bond donors (Lipinski definition) is 2. The molecule has 2 aliphatic rings. The summed E-state index contributed by atoms with van der Waals surface area (Å²) in [5, 5.41) is 12.0. The Balaban J connectivity index is 1.49. The van der Waals surface area contributed by atoms with E-state index in [4.69, 9.17) is 19.6 Å². The molecule has 6 nitrogen and oxygen atoms in total. The van der Waals surface area contributed by atoms with Gasteiger partial charge in [0, 0.05) is 37.1 Å². The first-order valence-corrected chi connectivity index (χ1v) is 11.9. The molecule has 0 spiro atoms. The summed E-state index contributed by atoms with van der Waals surface area (Å²) >= 11 is 0. The molecule has 6 heteroatoms. The first-order chi connectivity index (χ1) is 17.2. The number of amides is 1. The molecule has 0 unspecified atom stereocenters. The Labute approximate surface area is 204 Å². The van der Waals surface area contributed by atoms with Crippen LogP contribution in [0.2, 0.25) is 0 Å². The molecular weight excluding hydrogens is 440 g/mol. The summed E-state index contributed by atoms with van der Waals surface area (Å²) in [7, 11) is 0. The average molecular weight is 469 g/mol. The molecule has 2 atom stereocenters. The standard InChI is InChI=1S/C29H28N2O4/c32-18-7-19-34-24-15-13-22(14-16-24)27-31-29(17-6-10-21-8-2-1-3-9-21)26(35-27)25-12-5-4-11-23(25)20-30-28(29)33/h1-6,8-16,26,32H,7,17-20H2,(H,30,33)/b10-6+/t26-,29-/m1/s1. The summed E-state index contributed by atoms with van der Waals surface area (Å²) < 4.78 is 12.1. The third-order valence-electron chi connectivity index (χ3n) is 6.35. The van der Waals surface area contributed by atoms with Gasteiger partial charge in [-0.15, -0.1) is 0 Å². The number of aliphatic hydroxyl groups excluding tert-OH is 1. The van der Waals surface area contributed by atoms with Gasteiger partial charge in [-0.05, 0) is 35.4 Å². The summed E-state index contributed by atoms with van der Waals surface area (Å²) in [6, 6.07) is 25.5. The molecule has 2 heterocycles. The quantitative estimate of drug-likeness (QED) is 0.479. The maximum absolute atomic E-state index is 13.5. The molecule has 2 N–H and O–H groups in total. The third kappa shape index (κ3) is 4.70. The molecule has 3 aromatic carbocycles. The van der Waals surface area contributed by atoms with Gasteiger partial charge in [0.15, 0.2) is 11.6 Å². The number of benzene rings is 3. The fourth-order valence-electron chi connectivity index (χ4n) is 4.51. The van der Waals surface area contributed by atoms with E-state index in [1.165, 1.54) is 0 Å². The second-order valence-electron chi connectivity index (χ2n) is 8.69. The van der Waals surface area contributed by atoms with Crippen molar-refractivity contribution in [1.82, 2.24) is 5.32 Å². The van der Waals surface area contributed by atoms with Crippen LogP contribution in [0.15, 0.2) is 89.9 Å². The number of rotatable bonds is 8. The average Bonchev–Trinajstić information content (AvgIpc) is 3.24. The summed E-state index contributed by atoms with van der Waals surface area (Å²) in [6.45, 7) is 0.987. The van der Waals surface area contributed by atoms with E-state index in [-0.39, 0.29) is 12.5 Å². The van der Waals surface area contributed by atoms with E-state index in [1.807, 2.05) is 91.0 Å². The largest absolute Gasteiger partial charge is 0.494 e. The highest BCUT2D eigenvalue weighted by atomic mass is 16.5. The molecule has 0 saturated heterocycles. The Morgan fingerprint density at radius 1 is 1.06 bits per heavy atom. The van der Waals surface area contributed by atoms with Crippen molar-refractivity contribution in [1.29, 1.82) is 0 Å². The zero-order valence-electron chi connectivity index (χ0n) is 19.4. The lowest BCUT2D eigenvalue weighted by molar-refractivity contribution is -0.128. The van der Waals surface area contributed by atoms with Crippen LogP contribution in [0.25, 0.3) is 6.08 Å². The van der Waals surface area contributed by atoms with Crippen LogP contribution in [0.4, 0.5) is 0 Å². The Kier molecular flexibility index (Phi) is 6.64. The smallest absolute Gasteiger partial charge is 0.252 e. The minimum atomic E-state index is -1.11. The molecule has 0 bridgehead atoms. The lowest BCUT2D eigenvalue weighted by Gasteiger charge is -2.27. The summed E-state index contributed by atoms with van der Waals surface area (Å²) in [6.07, 6.45) is 4.47. The maximum Gasteiger partial charge on any atom is 0.252 e. The predicted molar refractivity (Wildman–Crippen MR) is 135 cm³/mol. The second-order valence-corrected chi connectivity index (χ2v) is 8.69. The maximum atomic E-state index is 13.5. The normalized spacial score (nSPS) is 20.9. The Morgan fingerprint density at radius 3 is 2.63 bits per heavy atom. The molecule has 2 aliphatic heterocycles. The highest BCUT2D eigenvalue weighted by Crippen LogP contribution is 2.45. The predicted octanol–water partition coefficient (Wildman–Crippen LogP) is 4.44. The molecule has 0 aliphatic carbocycles. The molecular formula is C29H28N2O4. The number of nitrogens with one attached hydrogen (secondary N) is 1. The Morgan fingerprint density at radius 2 is 1.83 bits per heavy atom. The highest BCUT2D eigenvalue weighted by Gasteiger charge is 2.54. The van der Waals surface area contributed by atoms with Gasteiger partial charge in [-0.25, -0.2) is 4.99 Å². The van der Waals surface area contributed by atoms with Crippen LogP contribution in [0.1, 0.15) is 41.2 Å². The van der Waals surface area contributed by atoms with Crippen LogP contribution in [0, 0.1) is 0 Å². The fraction of sp³-hybridized carbons (Fsp3) is 0.241. The van der Waals surface area contributed by atoms with Crippen molar-refractivity contribution in [3.8, 4) is 5.75 Å². The fourth-order valence-corrected chi connectivity index (χ4v) is 4.51. The lowest BCUT2D eigenvalue weighted by Crippen LogP contribution is -2.45. The minimum absolute atomic E-state index is 0.0917. The van der Waals surface area contributed by atoms with Crippen molar-refractivity contribution in [3.05, 3.63) is 107 Å². The van der Waals surface area contributed by atoms with E-state index in [0.29, 0.717) is 37.6 Å². The number of nitrogens with zero attached hydrogens (tertiary/aromatic N) is 1. The van der Waals surface area contributed by atoms with Gasteiger partial charge >= 0.3 is 0 Å². The van der Waals surface area contributed by atoms with E-state index >= 15 is 0 Å². The van der Waals surface area contributed by atoms with Gasteiger partial charge in [-0.3, -0.25) is 4.79 Å². The van der Waals surface area contributed by atoms with Gasteiger partial charge < -0.3 is 19.9 Å². The number of ether oxygens (including phenoxy) is 2. The van der Waals surface area contributed by atoms with Crippen LogP contribution in [-0.2, 0) is 16.1 Å². The van der Waals surface area contributed by atoms with Crippen molar-refractivity contribution in [2.75, 3.05) is 13.2 Å². The lowest BCUT2D eigenvalue weighted by atomic mass is 9.84. The number of carbonyl (C=O) groups excluding carboxylic acids is 1. The van der Waals surface area contributed by atoms with Crippen molar-refractivity contribution in [2.24, 2.45) is 4.99 Å². The van der Waals surface area contributed by atoms with Crippen molar-refractivity contribution in [2.45, 2.75) is 31.0 Å². The molecule has 178 valence electrons. The zero-order valence-corrected chi connectivity index (χ0v) is 19.4. The molecule has 3 aromatic rings. The number of carbonyl (C=O) groups is 1.